The predicted octanol–water partition coefficient (Wildman–Crippen LogP) is 0.766. The van der Waals surface area contributed by atoms with Crippen LogP contribution in [0.15, 0.2) is 30.5 Å². The highest BCUT2D eigenvalue weighted by Crippen LogP contribution is 2.23. The quantitative estimate of drug-likeness (QED) is 0.602. The standard InChI is InChI=1S/C12H17N5O/c1-3-18-10-6-4-5-9(7-10)12(15-13)11-8-14-16-17(11)2/h4-8,12,15H,3,13H2,1-2H3. The molecule has 0 fully saturated rings. The van der Waals surface area contributed by atoms with E-state index in [9.17, 15) is 0 Å². The van der Waals surface area contributed by atoms with Gasteiger partial charge in [0.2, 0.25) is 0 Å². The van der Waals surface area contributed by atoms with Gasteiger partial charge in [0.05, 0.1) is 24.5 Å². The summed E-state index contributed by atoms with van der Waals surface area (Å²) >= 11 is 0. The summed E-state index contributed by atoms with van der Waals surface area (Å²) in [6, 6.07) is 7.64. The number of nitrogens with zero attached hydrogens (tertiary/aromatic N) is 3. The molecule has 0 saturated carbocycles. The van der Waals surface area contributed by atoms with Crippen LogP contribution in [0.4, 0.5) is 0 Å². The number of aromatic nitrogens is 3. The second-order valence-electron chi connectivity index (χ2n) is 3.89. The molecule has 18 heavy (non-hydrogen) atoms. The maximum absolute atomic E-state index is 5.63. The lowest BCUT2D eigenvalue weighted by Crippen LogP contribution is -2.30. The zero-order valence-electron chi connectivity index (χ0n) is 10.5. The van der Waals surface area contributed by atoms with E-state index in [1.165, 1.54) is 0 Å². The van der Waals surface area contributed by atoms with Crippen LogP contribution in [-0.4, -0.2) is 21.6 Å². The molecule has 0 bridgehead atoms. The first-order valence-corrected chi connectivity index (χ1v) is 5.79. The lowest BCUT2D eigenvalue weighted by Gasteiger charge is -2.16. The molecule has 0 spiro atoms. The van der Waals surface area contributed by atoms with Gasteiger partial charge in [-0.25, -0.2) is 5.43 Å². The predicted molar refractivity (Wildman–Crippen MR) is 67.8 cm³/mol. The molecule has 6 heteroatoms. The Labute approximate surface area is 106 Å². The van der Waals surface area contributed by atoms with Crippen molar-refractivity contribution in [2.24, 2.45) is 12.9 Å². The Hall–Kier alpha value is -1.92. The normalized spacial score (nSPS) is 12.4. The number of hydrazine groups is 1. The van der Waals surface area contributed by atoms with Gasteiger partial charge in [-0.1, -0.05) is 17.3 Å². The molecular formula is C12H17N5O. The topological polar surface area (TPSA) is 78.0 Å². The van der Waals surface area contributed by atoms with Crippen LogP contribution < -0.4 is 16.0 Å². The molecule has 0 amide bonds. The Balaban J connectivity index is 2.33. The molecule has 0 aliphatic rings. The van der Waals surface area contributed by atoms with E-state index in [0.29, 0.717) is 6.61 Å². The molecule has 0 aliphatic heterocycles. The van der Waals surface area contributed by atoms with Crippen molar-refractivity contribution in [2.75, 3.05) is 6.61 Å². The lowest BCUT2D eigenvalue weighted by atomic mass is 10.0. The van der Waals surface area contributed by atoms with Crippen molar-refractivity contribution < 1.29 is 4.74 Å². The zero-order chi connectivity index (χ0) is 13.0. The van der Waals surface area contributed by atoms with Gasteiger partial charge >= 0.3 is 0 Å². The summed E-state index contributed by atoms with van der Waals surface area (Å²) in [4.78, 5) is 0. The van der Waals surface area contributed by atoms with Crippen LogP contribution in [0, 0.1) is 0 Å². The van der Waals surface area contributed by atoms with Crippen LogP contribution in [0.1, 0.15) is 24.2 Å². The Bertz CT molecular complexity index is 511. The number of nitrogens with two attached hydrogens (primary N) is 1. The van der Waals surface area contributed by atoms with Gasteiger partial charge in [-0.2, -0.15) is 0 Å². The van der Waals surface area contributed by atoms with Crippen LogP contribution in [0.3, 0.4) is 0 Å². The third kappa shape index (κ3) is 2.49. The summed E-state index contributed by atoms with van der Waals surface area (Å²) in [5, 5.41) is 7.77. The van der Waals surface area contributed by atoms with Gasteiger partial charge < -0.3 is 4.74 Å². The minimum Gasteiger partial charge on any atom is -0.494 e. The van der Waals surface area contributed by atoms with Crippen LogP contribution in [-0.2, 0) is 7.05 Å². The average molecular weight is 247 g/mol. The van der Waals surface area contributed by atoms with E-state index in [-0.39, 0.29) is 6.04 Å². The Morgan fingerprint density at radius 2 is 2.33 bits per heavy atom. The van der Waals surface area contributed by atoms with Gasteiger partial charge in [-0.05, 0) is 24.6 Å². The Morgan fingerprint density at radius 1 is 1.50 bits per heavy atom. The molecule has 1 aromatic heterocycles. The SMILES string of the molecule is CCOc1cccc(C(NN)c2cnnn2C)c1. The fourth-order valence-corrected chi connectivity index (χ4v) is 1.86. The van der Waals surface area contributed by atoms with Crippen molar-refractivity contribution in [3.8, 4) is 5.75 Å². The Morgan fingerprint density at radius 3 is 2.94 bits per heavy atom. The van der Waals surface area contributed by atoms with Crippen molar-refractivity contribution in [3.63, 3.8) is 0 Å². The molecule has 1 heterocycles. The largest absolute Gasteiger partial charge is 0.494 e. The van der Waals surface area contributed by atoms with Gasteiger partial charge in [0.15, 0.2) is 0 Å². The van der Waals surface area contributed by atoms with Crippen molar-refractivity contribution >= 4 is 0 Å². The highest BCUT2D eigenvalue weighted by atomic mass is 16.5. The first-order chi connectivity index (χ1) is 8.76. The molecule has 3 N–H and O–H groups in total. The maximum atomic E-state index is 5.63. The smallest absolute Gasteiger partial charge is 0.119 e. The van der Waals surface area contributed by atoms with Crippen LogP contribution >= 0.6 is 0 Å². The van der Waals surface area contributed by atoms with Gasteiger partial charge in [-0.15, -0.1) is 5.10 Å². The number of hydrogen-bond donors (Lipinski definition) is 2. The second-order valence-corrected chi connectivity index (χ2v) is 3.89. The van der Waals surface area contributed by atoms with E-state index in [0.717, 1.165) is 17.0 Å². The molecule has 1 atom stereocenters. The number of hydrogen-bond acceptors (Lipinski definition) is 5. The minimum absolute atomic E-state index is 0.162. The van der Waals surface area contributed by atoms with Gasteiger partial charge in [0.25, 0.3) is 0 Å². The first-order valence-electron chi connectivity index (χ1n) is 5.79. The second kappa shape index (κ2) is 5.61. The highest BCUT2D eigenvalue weighted by molar-refractivity contribution is 5.34. The zero-order valence-corrected chi connectivity index (χ0v) is 10.5. The summed E-state index contributed by atoms with van der Waals surface area (Å²) in [7, 11) is 1.83. The highest BCUT2D eigenvalue weighted by Gasteiger charge is 2.16. The molecular weight excluding hydrogens is 230 g/mol. The lowest BCUT2D eigenvalue weighted by molar-refractivity contribution is 0.339. The maximum Gasteiger partial charge on any atom is 0.119 e. The van der Waals surface area contributed by atoms with E-state index in [1.807, 2.05) is 38.2 Å². The summed E-state index contributed by atoms with van der Waals surface area (Å²) in [6.45, 7) is 2.59. The van der Waals surface area contributed by atoms with Crippen LogP contribution in [0.2, 0.25) is 0 Å². The van der Waals surface area contributed by atoms with E-state index in [1.54, 1.807) is 10.9 Å². The van der Waals surface area contributed by atoms with E-state index < -0.39 is 0 Å². The molecule has 6 nitrogen and oxygen atoms in total. The molecule has 0 radical (unpaired) electrons. The number of ether oxygens (including phenoxy) is 1. The van der Waals surface area contributed by atoms with Gasteiger partial charge in [0, 0.05) is 7.05 Å². The number of nitrogens with one attached hydrogen (secondary N) is 1. The van der Waals surface area contributed by atoms with Crippen molar-refractivity contribution in [1.82, 2.24) is 20.4 Å². The number of aryl methyl sites for hydroxylation is 1. The van der Waals surface area contributed by atoms with Crippen molar-refractivity contribution in [2.45, 2.75) is 13.0 Å². The first kappa shape index (κ1) is 12.5. The average Bonchev–Trinajstić information content (AvgIpc) is 2.78. The fraction of sp³-hybridized carbons (Fsp3) is 0.333. The summed E-state index contributed by atoms with van der Waals surface area (Å²) in [5.74, 6) is 6.45. The van der Waals surface area contributed by atoms with Crippen molar-refractivity contribution in [3.05, 3.63) is 41.7 Å². The molecule has 2 aromatic rings. The molecule has 1 aromatic carbocycles. The molecule has 0 saturated heterocycles. The molecule has 1 unspecified atom stereocenters. The van der Waals surface area contributed by atoms with Gasteiger partial charge in [-0.3, -0.25) is 10.5 Å². The fourth-order valence-electron chi connectivity index (χ4n) is 1.86. The third-order valence-electron chi connectivity index (χ3n) is 2.71. The Kier molecular flexibility index (Phi) is 3.91. The van der Waals surface area contributed by atoms with Gasteiger partial charge in [0.1, 0.15) is 5.75 Å². The minimum atomic E-state index is -0.162. The summed E-state index contributed by atoms with van der Waals surface area (Å²) in [5.41, 5.74) is 4.68. The summed E-state index contributed by atoms with van der Waals surface area (Å²) in [6.07, 6.45) is 1.69. The van der Waals surface area contributed by atoms with E-state index in [2.05, 4.69) is 15.7 Å². The summed E-state index contributed by atoms with van der Waals surface area (Å²) < 4.78 is 7.17. The van der Waals surface area contributed by atoms with Crippen molar-refractivity contribution in [1.29, 1.82) is 0 Å². The monoisotopic (exact) mass is 247 g/mol. The number of benzene rings is 1. The number of rotatable bonds is 5. The third-order valence-corrected chi connectivity index (χ3v) is 2.71. The van der Waals surface area contributed by atoms with E-state index in [4.69, 9.17) is 10.6 Å². The van der Waals surface area contributed by atoms with E-state index >= 15 is 0 Å². The van der Waals surface area contributed by atoms with Crippen LogP contribution in [0.5, 0.6) is 5.75 Å². The molecule has 2 rings (SSSR count). The molecule has 96 valence electrons. The molecule has 0 aliphatic carbocycles. The van der Waals surface area contributed by atoms with Crippen LogP contribution in [0.25, 0.3) is 0 Å².